The van der Waals surface area contributed by atoms with Crippen LogP contribution >= 0.6 is 0 Å². The van der Waals surface area contributed by atoms with Crippen LogP contribution in [0.25, 0.3) is 0 Å². The minimum Gasteiger partial charge on any atom is -0.373 e. The van der Waals surface area contributed by atoms with Crippen LogP contribution in [0.4, 0.5) is 20.2 Å². The maximum atomic E-state index is 13.7. The number of nitrogens with one attached hydrogen (secondary N) is 1. The van der Waals surface area contributed by atoms with Gasteiger partial charge in [-0.3, -0.25) is 10.1 Å². The number of halogens is 2. The molecule has 1 atom stereocenters. The molecule has 0 fully saturated rings. The Morgan fingerprint density at radius 2 is 1.81 bits per heavy atom. The molecule has 2 rings (SSSR count). The number of nitro groups is 1. The lowest BCUT2D eigenvalue weighted by atomic mass is 10.1. The first-order valence-electron chi connectivity index (χ1n) is 6.35. The molecule has 2 aromatic rings. The summed E-state index contributed by atoms with van der Waals surface area (Å²) < 4.78 is 27.4. The van der Waals surface area contributed by atoms with E-state index in [-0.39, 0.29) is 16.9 Å². The molecule has 0 aliphatic rings. The van der Waals surface area contributed by atoms with Crippen molar-refractivity contribution in [3.63, 3.8) is 0 Å². The first-order valence-corrected chi connectivity index (χ1v) is 6.35. The zero-order valence-corrected chi connectivity index (χ0v) is 11.6. The average Bonchev–Trinajstić information content (AvgIpc) is 2.40. The monoisotopic (exact) mass is 292 g/mol. The SMILES string of the molecule is Cc1ccc(NC(C)c2c(F)cccc2F)c([N+](=O)[O-])c1. The molecule has 0 saturated heterocycles. The van der Waals surface area contributed by atoms with Crippen LogP contribution in [0.2, 0.25) is 0 Å². The molecule has 4 nitrogen and oxygen atoms in total. The highest BCUT2D eigenvalue weighted by atomic mass is 19.1. The van der Waals surface area contributed by atoms with Crippen molar-refractivity contribution in [2.45, 2.75) is 19.9 Å². The molecule has 21 heavy (non-hydrogen) atoms. The summed E-state index contributed by atoms with van der Waals surface area (Å²) >= 11 is 0. The van der Waals surface area contributed by atoms with E-state index < -0.39 is 22.6 Å². The van der Waals surface area contributed by atoms with E-state index >= 15 is 0 Å². The van der Waals surface area contributed by atoms with Crippen molar-refractivity contribution in [3.8, 4) is 0 Å². The third kappa shape index (κ3) is 3.16. The number of rotatable bonds is 4. The second-order valence-electron chi connectivity index (χ2n) is 4.78. The maximum Gasteiger partial charge on any atom is 0.292 e. The summed E-state index contributed by atoms with van der Waals surface area (Å²) in [5.41, 5.74) is 0.684. The van der Waals surface area contributed by atoms with E-state index in [0.29, 0.717) is 0 Å². The van der Waals surface area contributed by atoms with Gasteiger partial charge in [0.25, 0.3) is 5.69 Å². The van der Waals surface area contributed by atoms with Gasteiger partial charge in [-0.15, -0.1) is 0 Å². The van der Waals surface area contributed by atoms with Gasteiger partial charge in [-0.2, -0.15) is 0 Å². The Labute approximate surface area is 120 Å². The highest BCUT2D eigenvalue weighted by Crippen LogP contribution is 2.30. The molecule has 0 amide bonds. The van der Waals surface area contributed by atoms with Crippen LogP contribution in [-0.2, 0) is 0 Å². The molecule has 0 spiro atoms. The summed E-state index contributed by atoms with van der Waals surface area (Å²) in [6.07, 6.45) is 0. The Kier molecular flexibility index (Phi) is 4.16. The van der Waals surface area contributed by atoms with E-state index in [4.69, 9.17) is 0 Å². The third-order valence-corrected chi connectivity index (χ3v) is 3.15. The van der Waals surface area contributed by atoms with E-state index in [0.717, 1.165) is 17.7 Å². The second-order valence-corrected chi connectivity index (χ2v) is 4.78. The standard InChI is InChI=1S/C15H14F2N2O2/c1-9-6-7-13(14(8-9)19(20)21)18-10(2)15-11(16)4-3-5-12(15)17/h3-8,10,18H,1-2H3. The van der Waals surface area contributed by atoms with Gasteiger partial charge in [0.15, 0.2) is 0 Å². The van der Waals surface area contributed by atoms with Crippen molar-refractivity contribution >= 4 is 11.4 Å². The zero-order valence-electron chi connectivity index (χ0n) is 11.6. The topological polar surface area (TPSA) is 55.2 Å². The first kappa shape index (κ1) is 14.9. The third-order valence-electron chi connectivity index (χ3n) is 3.15. The van der Waals surface area contributed by atoms with Crippen molar-refractivity contribution in [1.82, 2.24) is 0 Å². The van der Waals surface area contributed by atoms with Crippen molar-refractivity contribution in [2.75, 3.05) is 5.32 Å². The quantitative estimate of drug-likeness (QED) is 0.673. The Morgan fingerprint density at radius 3 is 2.38 bits per heavy atom. The van der Waals surface area contributed by atoms with Gasteiger partial charge >= 0.3 is 0 Å². The number of nitrogens with zero attached hydrogens (tertiary/aromatic N) is 1. The Hall–Kier alpha value is -2.50. The molecular weight excluding hydrogens is 278 g/mol. The number of hydrogen-bond acceptors (Lipinski definition) is 3. The van der Waals surface area contributed by atoms with Crippen molar-refractivity contribution in [3.05, 3.63) is 69.3 Å². The predicted octanol–water partition coefficient (Wildman–Crippen LogP) is 4.35. The van der Waals surface area contributed by atoms with Gasteiger partial charge in [-0.05, 0) is 37.6 Å². The van der Waals surface area contributed by atoms with Gasteiger partial charge < -0.3 is 5.32 Å². The number of aryl methyl sites for hydroxylation is 1. The summed E-state index contributed by atoms with van der Waals surface area (Å²) in [6.45, 7) is 3.28. The van der Waals surface area contributed by atoms with Crippen LogP contribution in [-0.4, -0.2) is 4.92 Å². The Morgan fingerprint density at radius 1 is 1.19 bits per heavy atom. The first-order chi connectivity index (χ1) is 9.90. The molecule has 1 unspecified atom stereocenters. The van der Waals surface area contributed by atoms with Gasteiger partial charge in [0, 0.05) is 11.6 Å². The normalized spacial score (nSPS) is 12.0. The fraction of sp³-hybridized carbons (Fsp3) is 0.200. The molecule has 0 aromatic heterocycles. The van der Waals surface area contributed by atoms with Gasteiger partial charge in [-0.25, -0.2) is 8.78 Å². The molecule has 0 aliphatic carbocycles. The van der Waals surface area contributed by atoms with Crippen LogP contribution < -0.4 is 5.32 Å². The number of benzene rings is 2. The van der Waals surface area contributed by atoms with Gasteiger partial charge in [0.05, 0.1) is 11.0 Å². The summed E-state index contributed by atoms with van der Waals surface area (Å²) in [5, 5.41) is 13.8. The lowest BCUT2D eigenvalue weighted by molar-refractivity contribution is -0.384. The highest BCUT2D eigenvalue weighted by Gasteiger charge is 2.20. The molecule has 0 aliphatic heterocycles. The summed E-state index contributed by atoms with van der Waals surface area (Å²) in [7, 11) is 0. The van der Waals surface area contributed by atoms with Crippen LogP contribution in [0, 0.1) is 28.7 Å². The lowest BCUT2D eigenvalue weighted by Crippen LogP contribution is -2.12. The van der Waals surface area contributed by atoms with E-state index in [1.165, 1.54) is 18.2 Å². The molecule has 1 N–H and O–H groups in total. The van der Waals surface area contributed by atoms with Gasteiger partial charge in [0.1, 0.15) is 17.3 Å². The maximum absolute atomic E-state index is 13.7. The van der Waals surface area contributed by atoms with Crippen LogP contribution in [0.1, 0.15) is 24.1 Å². The fourth-order valence-electron chi connectivity index (χ4n) is 2.14. The van der Waals surface area contributed by atoms with Crippen LogP contribution in [0.3, 0.4) is 0 Å². The molecule has 0 radical (unpaired) electrons. The summed E-state index contributed by atoms with van der Waals surface area (Å²) in [6, 6.07) is 7.47. The van der Waals surface area contributed by atoms with E-state index in [1.54, 1.807) is 19.9 Å². The molecule has 6 heteroatoms. The second kappa shape index (κ2) is 5.87. The van der Waals surface area contributed by atoms with Gasteiger partial charge in [-0.1, -0.05) is 12.1 Å². The molecule has 0 saturated carbocycles. The smallest absolute Gasteiger partial charge is 0.292 e. The Balaban J connectivity index is 2.36. The molecular formula is C15H14F2N2O2. The van der Waals surface area contributed by atoms with Gasteiger partial charge in [0.2, 0.25) is 0 Å². The van der Waals surface area contributed by atoms with Crippen molar-refractivity contribution < 1.29 is 13.7 Å². The molecule has 0 bridgehead atoms. The lowest BCUT2D eigenvalue weighted by Gasteiger charge is -2.17. The number of anilines is 1. The number of hydrogen-bond donors (Lipinski definition) is 1. The predicted molar refractivity (Wildman–Crippen MR) is 76.2 cm³/mol. The van der Waals surface area contributed by atoms with Crippen LogP contribution in [0.5, 0.6) is 0 Å². The minimum atomic E-state index is -0.743. The number of nitro benzene ring substituents is 1. The van der Waals surface area contributed by atoms with E-state index in [9.17, 15) is 18.9 Å². The van der Waals surface area contributed by atoms with E-state index in [1.807, 2.05) is 0 Å². The molecule has 2 aromatic carbocycles. The van der Waals surface area contributed by atoms with Crippen molar-refractivity contribution in [2.24, 2.45) is 0 Å². The highest BCUT2D eigenvalue weighted by molar-refractivity contribution is 5.63. The largest absolute Gasteiger partial charge is 0.373 e. The molecule has 0 heterocycles. The minimum absolute atomic E-state index is 0.126. The summed E-state index contributed by atoms with van der Waals surface area (Å²) in [5.74, 6) is -1.38. The fourth-order valence-corrected chi connectivity index (χ4v) is 2.14. The summed E-state index contributed by atoms with van der Waals surface area (Å²) in [4.78, 5) is 10.5. The molecule has 110 valence electrons. The zero-order chi connectivity index (χ0) is 15.6. The average molecular weight is 292 g/mol. The Bertz CT molecular complexity index is 669. The van der Waals surface area contributed by atoms with Crippen molar-refractivity contribution in [1.29, 1.82) is 0 Å². The van der Waals surface area contributed by atoms with E-state index in [2.05, 4.69) is 5.32 Å². The van der Waals surface area contributed by atoms with Crippen LogP contribution in [0.15, 0.2) is 36.4 Å².